The molecule has 4 nitrogen and oxygen atoms in total. The van der Waals surface area contributed by atoms with Crippen molar-refractivity contribution in [3.63, 3.8) is 0 Å². The van der Waals surface area contributed by atoms with Gasteiger partial charge in [0.15, 0.2) is 5.76 Å². The molecule has 74 valence electrons. The van der Waals surface area contributed by atoms with Gasteiger partial charge in [0.2, 0.25) is 5.89 Å². The molecule has 0 spiro atoms. The molecule has 1 atom stereocenters. The lowest BCUT2D eigenvalue weighted by Crippen LogP contribution is -2.04. The Hall–Kier alpha value is -1.20. The van der Waals surface area contributed by atoms with Crippen LogP contribution in [0, 0.1) is 6.92 Å². The first kappa shape index (κ1) is 9.36. The summed E-state index contributed by atoms with van der Waals surface area (Å²) in [5.74, 6) is 1.30. The molecule has 14 heavy (non-hydrogen) atoms. The van der Waals surface area contributed by atoms with Crippen LogP contribution in [-0.2, 0) is 0 Å². The minimum atomic E-state index is -0.169. The highest BCUT2D eigenvalue weighted by atomic mass is 32.1. The Morgan fingerprint density at radius 3 is 2.71 bits per heavy atom. The van der Waals surface area contributed by atoms with E-state index in [4.69, 9.17) is 10.2 Å². The van der Waals surface area contributed by atoms with Crippen LogP contribution in [0.3, 0.4) is 0 Å². The molecule has 2 aromatic heterocycles. The van der Waals surface area contributed by atoms with E-state index in [0.717, 1.165) is 15.6 Å². The van der Waals surface area contributed by atoms with Crippen LogP contribution < -0.4 is 5.73 Å². The number of nitrogens with two attached hydrogens (primary N) is 1. The largest absolute Gasteiger partial charge is 0.438 e. The average molecular weight is 209 g/mol. The zero-order valence-electron chi connectivity index (χ0n) is 8.02. The average Bonchev–Trinajstić information content (AvgIpc) is 2.70. The van der Waals surface area contributed by atoms with Gasteiger partial charge in [-0.1, -0.05) is 0 Å². The van der Waals surface area contributed by atoms with Gasteiger partial charge < -0.3 is 10.2 Å². The predicted molar refractivity (Wildman–Crippen MR) is 55.0 cm³/mol. The van der Waals surface area contributed by atoms with Crippen molar-refractivity contribution in [3.8, 4) is 10.6 Å². The summed E-state index contributed by atoms with van der Waals surface area (Å²) in [4.78, 5) is 9.22. The fourth-order valence-electron chi connectivity index (χ4n) is 1.09. The predicted octanol–water partition coefficient (Wildman–Crippen LogP) is 2.13. The van der Waals surface area contributed by atoms with Crippen molar-refractivity contribution in [2.45, 2.75) is 19.9 Å². The molecule has 1 unspecified atom stereocenters. The van der Waals surface area contributed by atoms with Crippen molar-refractivity contribution in [2.24, 2.45) is 5.73 Å². The van der Waals surface area contributed by atoms with Crippen molar-refractivity contribution in [2.75, 3.05) is 0 Å². The molecule has 0 bridgehead atoms. The lowest BCUT2D eigenvalue weighted by Gasteiger charge is -1.95. The van der Waals surface area contributed by atoms with Crippen LogP contribution in [0.4, 0.5) is 0 Å². The van der Waals surface area contributed by atoms with Gasteiger partial charge in [0, 0.05) is 6.20 Å². The highest BCUT2D eigenvalue weighted by Crippen LogP contribution is 2.27. The van der Waals surface area contributed by atoms with Crippen LogP contribution in [0.1, 0.15) is 23.9 Å². The van der Waals surface area contributed by atoms with E-state index < -0.39 is 0 Å². The zero-order chi connectivity index (χ0) is 10.1. The maximum Gasteiger partial charge on any atom is 0.211 e. The van der Waals surface area contributed by atoms with Gasteiger partial charge in [-0.25, -0.2) is 9.97 Å². The maximum atomic E-state index is 5.64. The number of thiazole rings is 1. The number of hydrogen-bond acceptors (Lipinski definition) is 5. The molecule has 0 saturated heterocycles. The van der Waals surface area contributed by atoms with Crippen LogP contribution in [-0.4, -0.2) is 9.97 Å². The molecule has 2 heterocycles. The molecule has 0 aliphatic carbocycles. The summed E-state index contributed by atoms with van der Waals surface area (Å²) < 4.78 is 5.48. The van der Waals surface area contributed by atoms with Gasteiger partial charge in [0.25, 0.3) is 0 Å². The second kappa shape index (κ2) is 3.51. The molecule has 5 heteroatoms. The summed E-state index contributed by atoms with van der Waals surface area (Å²) in [5, 5.41) is 1.01. The van der Waals surface area contributed by atoms with E-state index in [0.29, 0.717) is 5.89 Å². The van der Waals surface area contributed by atoms with E-state index in [2.05, 4.69) is 9.97 Å². The summed E-state index contributed by atoms with van der Waals surface area (Å²) in [6, 6.07) is -0.169. The van der Waals surface area contributed by atoms with Gasteiger partial charge in [0.05, 0.1) is 22.1 Å². The first-order chi connectivity index (χ1) is 6.66. The van der Waals surface area contributed by atoms with Crippen molar-refractivity contribution in [1.82, 2.24) is 9.97 Å². The van der Waals surface area contributed by atoms with Crippen molar-refractivity contribution < 1.29 is 4.42 Å². The number of rotatable bonds is 2. The highest BCUT2D eigenvalue weighted by molar-refractivity contribution is 7.14. The Bertz CT molecular complexity index is 433. The van der Waals surface area contributed by atoms with Gasteiger partial charge in [-0.05, 0) is 13.8 Å². The highest BCUT2D eigenvalue weighted by Gasteiger charge is 2.11. The fourth-order valence-corrected chi connectivity index (χ4v) is 1.81. The van der Waals surface area contributed by atoms with Crippen molar-refractivity contribution in [1.29, 1.82) is 0 Å². The minimum Gasteiger partial charge on any atom is -0.438 e. The van der Waals surface area contributed by atoms with Crippen LogP contribution in [0.5, 0.6) is 0 Å². The second-order valence-corrected chi connectivity index (χ2v) is 4.33. The summed E-state index contributed by atoms with van der Waals surface area (Å²) in [6.45, 7) is 3.80. The third kappa shape index (κ3) is 1.69. The Morgan fingerprint density at radius 1 is 1.43 bits per heavy atom. The first-order valence-electron chi connectivity index (χ1n) is 4.31. The molecule has 2 aromatic rings. The Morgan fingerprint density at radius 2 is 2.21 bits per heavy atom. The molecule has 0 aliphatic rings. The Labute approximate surface area is 85.8 Å². The van der Waals surface area contributed by atoms with Crippen LogP contribution >= 0.6 is 11.3 Å². The van der Waals surface area contributed by atoms with E-state index in [1.165, 1.54) is 0 Å². The van der Waals surface area contributed by atoms with Gasteiger partial charge in [-0.2, -0.15) is 0 Å². The monoisotopic (exact) mass is 209 g/mol. The molecule has 0 amide bonds. The van der Waals surface area contributed by atoms with Crippen molar-refractivity contribution in [3.05, 3.63) is 23.3 Å². The molecular weight excluding hydrogens is 198 g/mol. The second-order valence-electron chi connectivity index (χ2n) is 3.09. The van der Waals surface area contributed by atoms with Gasteiger partial charge in [-0.3, -0.25) is 0 Å². The molecule has 2 N–H and O–H groups in total. The van der Waals surface area contributed by atoms with E-state index in [1.807, 2.05) is 13.8 Å². The summed E-state index contributed by atoms with van der Waals surface area (Å²) in [6.07, 6.45) is 3.47. The molecule has 2 rings (SSSR count). The number of aromatic nitrogens is 2. The normalized spacial score (nSPS) is 13.1. The number of aryl methyl sites for hydroxylation is 1. The molecule has 0 radical (unpaired) electrons. The number of oxazole rings is 1. The van der Waals surface area contributed by atoms with Crippen LogP contribution in [0.25, 0.3) is 10.6 Å². The topological polar surface area (TPSA) is 64.9 Å². The zero-order valence-corrected chi connectivity index (χ0v) is 8.84. The maximum absolute atomic E-state index is 5.64. The van der Waals surface area contributed by atoms with Crippen LogP contribution in [0.15, 0.2) is 16.8 Å². The smallest absolute Gasteiger partial charge is 0.211 e. The summed E-state index contributed by atoms with van der Waals surface area (Å²) >= 11 is 1.58. The molecule has 0 aromatic carbocycles. The SMILES string of the molecule is Cc1ncc(-c2cnc(C(C)N)o2)s1. The first-order valence-corrected chi connectivity index (χ1v) is 5.12. The summed E-state index contributed by atoms with van der Waals surface area (Å²) in [7, 11) is 0. The molecular formula is C9H11N3OS. The minimum absolute atomic E-state index is 0.169. The van der Waals surface area contributed by atoms with E-state index >= 15 is 0 Å². The third-order valence-corrected chi connectivity index (χ3v) is 2.70. The quantitative estimate of drug-likeness (QED) is 0.822. The number of hydrogen-bond donors (Lipinski definition) is 1. The molecule has 0 aliphatic heterocycles. The van der Waals surface area contributed by atoms with E-state index in [1.54, 1.807) is 23.7 Å². The fraction of sp³-hybridized carbons (Fsp3) is 0.333. The Balaban J connectivity index is 2.33. The molecule has 0 saturated carbocycles. The number of nitrogens with zero attached hydrogens (tertiary/aromatic N) is 2. The summed E-state index contributed by atoms with van der Waals surface area (Å²) in [5.41, 5.74) is 5.64. The standard InChI is InChI=1S/C9H11N3OS/c1-5(10)9-12-3-7(13-9)8-4-11-6(2)14-8/h3-5H,10H2,1-2H3. The lowest BCUT2D eigenvalue weighted by molar-refractivity contribution is 0.474. The Kier molecular flexibility index (Phi) is 2.35. The van der Waals surface area contributed by atoms with Crippen molar-refractivity contribution >= 4 is 11.3 Å². The van der Waals surface area contributed by atoms with Crippen LogP contribution in [0.2, 0.25) is 0 Å². The van der Waals surface area contributed by atoms with Gasteiger partial charge in [0.1, 0.15) is 0 Å². The van der Waals surface area contributed by atoms with E-state index in [9.17, 15) is 0 Å². The van der Waals surface area contributed by atoms with Gasteiger partial charge >= 0.3 is 0 Å². The van der Waals surface area contributed by atoms with Gasteiger partial charge in [-0.15, -0.1) is 11.3 Å². The third-order valence-electron chi connectivity index (χ3n) is 1.78. The molecule has 0 fully saturated rings. The lowest BCUT2D eigenvalue weighted by atomic mass is 10.4. The van der Waals surface area contributed by atoms with E-state index in [-0.39, 0.29) is 6.04 Å².